The SMILES string of the molecule is O=C(O)CCCCCn1c2ccc(/C=C/c3cc[n+](CCCCS(=O)(=O)O)cc3)cc2c2cc(/C=C/c3cc[n+](CCCCS(=O)(=O)O)cc3)ccc21. The van der Waals surface area contributed by atoms with Gasteiger partial charge in [0.2, 0.25) is 0 Å². The fourth-order valence-corrected chi connectivity index (χ4v) is 7.45. The summed E-state index contributed by atoms with van der Waals surface area (Å²) in [6.07, 6.45) is 20.7. The number of rotatable bonds is 20. The summed E-state index contributed by atoms with van der Waals surface area (Å²) in [7, 11) is -7.87. The van der Waals surface area contributed by atoms with E-state index in [4.69, 9.17) is 14.2 Å². The Hall–Kier alpha value is -4.69. The number of carbonyl (C=O) groups is 1. The second kappa shape index (κ2) is 18.4. The number of aromatic nitrogens is 3. The van der Waals surface area contributed by atoms with Gasteiger partial charge in [-0.2, -0.15) is 16.8 Å². The lowest BCUT2D eigenvalue weighted by molar-refractivity contribution is -0.697. The van der Waals surface area contributed by atoms with Gasteiger partial charge in [0.05, 0.1) is 11.5 Å². The van der Waals surface area contributed by atoms with Crippen molar-refractivity contribution in [3.63, 3.8) is 0 Å². The molecule has 0 spiro atoms. The minimum atomic E-state index is -3.93. The third kappa shape index (κ3) is 12.7. The van der Waals surface area contributed by atoms with E-state index in [1.807, 2.05) is 58.2 Å². The summed E-state index contributed by atoms with van der Waals surface area (Å²) in [5.41, 5.74) is 6.40. The maximum atomic E-state index is 11.0. The highest BCUT2D eigenvalue weighted by atomic mass is 32.2. The van der Waals surface area contributed by atoms with Crippen LogP contribution in [0.15, 0.2) is 85.5 Å². The molecule has 11 nitrogen and oxygen atoms in total. The number of unbranched alkanes of at least 4 members (excludes halogenated alkanes) is 4. The van der Waals surface area contributed by atoms with Gasteiger partial charge in [-0.3, -0.25) is 13.9 Å². The van der Waals surface area contributed by atoms with Gasteiger partial charge in [0.1, 0.15) is 13.1 Å². The topological polar surface area (TPSA) is 159 Å². The second-order valence-electron chi connectivity index (χ2n) is 13.3. The Morgan fingerprint density at radius 3 is 1.42 bits per heavy atom. The first-order valence-electron chi connectivity index (χ1n) is 17.9. The molecule has 3 N–H and O–H groups in total. The van der Waals surface area contributed by atoms with E-state index < -0.39 is 26.2 Å². The van der Waals surface area contributed by atoms with Crippen molar-refractivity contribution in [2.24, 2.45) is 0 Å². The number of carboxylic acids is 1. The summed E-state index contributed by atoms with van der Waals surface area (Å²) < 4.78 is 67.9. The van der Waals surface area contributed by atoms with E-state index in [9.17, 15) is 21.6 Å². The molecule has 0 unspecified atom stereocenters. The van der Waals surface area contributed by atoms with Crippen LogP contribution in [0.25, 0.3) is 46.1 Å². The Bertz CT molecular complexity index is 2150. The van der Waals surface area contributed by atoms with Crippen LogP contribution in [0.5, 0.6) is 0 Å². The molecule has 0 saturated carbocycles. The van der Waals surface area contributed by atoms with Gasteiger partial charge in [-0.15, -0.1) is 0 Å². The van der Waals surface area contributed by atoms with Crippen molar-refractivity contribution in [2.75, 3.05) is 11.5 Å². The van der Waals surface area contributed by atoms with Gasteiger partial charge in [0.25, 0.3) is 20.2 Å². The van der Waals surface area contributed by atoms with Crippen molar-refractivity contribution in [1.82, 2.24) is 4.57 Å². The Balaban J connectivity index is 1.33. The average molecular weight is 762 g/mol. The van der Waals surface area contributed by atoms with E-state index in [1.54, 1.807) is 0 Å². The number of benzene rings is 2. The first kappa shape index (κ1) is 39.5. The highest BCUT2D eigenvalue weighted by Gasteiger charge is 2.12. The lowest BCUT2D eigenvalue weighted by atomic mass is 10.1. The molecular formula is C40H47N3O8S2+2. The summed E-state index contributed by atoms with van der Waals surface area (Å²) in [5, 5.41) is 11.3. The predicted octanol–water partition coefficient (Wildman–Crippen LogP) is 6.69. The van der Waals surface area contributed by atoms with Gasteiger partial charge >= 0.3 is 5.97 Å². The van der Waals surface area contributed by atoms with Crippen molar-refractivity contribution >= 4 is 72.3 Å². The molecule has 0 aliphatic rings. The van der Waals surface area contributed by atoms with Gasteiger partial charge in [-0.1, -0.05) is 42.9 Å². The number of pyridine rings is 2. The van der Waals surface area contributed by atoms with E-state index in [2.05, 4.69) is 65.3 Å². The zero-order chi connectivity index (χ0) is 37.8. The summed E-state index contributed by atoms with van der Waals surface area (Å²) in [5.74, 6) is -1.23. The van der Waals surface area contributed by atoms with Crippen LogP contribution in [0.3, 0.4) is 0 Å². The Kier molecular flexibility index (Phi) is 13.7. The molecule has 0 saturated heterocycles. The minimum absolute atomic E-state index is 0.176. The van der Waals surface area contributed by atoms with Gasteiger partial charge in [-0.25, -0.2) is 9.13 Å². The highest BCUT2D eigenvalue weighted by Crippen LogP contribution is 2.32. The van der Waals surface area contributed by atoms with E-state index in [-0.39, 0.29) is 17.9 Å². The normalized spacial score (nSPS) is 12.5. The molecule has 13 heteroatoms. The van der Waals surface area contributed by atoms with Crippen LogP contribution in [0, 0.1) is 0 Å². The molecule has 0 atom stereocenters. The molecule has 5 rings (SSSR count). The van der Waals surface area contributed by atoms with Crippen molar-refractivity contribution in [2.45, 2.75) is 71.0 Å². The van der Waals surface area contributed by atoms with E-state index >= 15 is 0 Å². The largest absolute Gasteiger partial charge is 0.481 e. The Morgan fingerprint density at radius 2 is 1.00 bits per heavy atom. The van der Waals surface area contributed by atoms with E-state index in [0.717, 1.165) is 63.4 Å². The molecule has 0 fully saturated rings. The zero-order valence-electron chi connectivity index (χ0n) is 29.6. The number of carboxylic acid groups (broad SMARTS) is 1. The van der Waals surface area contributed by atoms with Gasteiger partial charge < -0.3 is 9.67 Å². The number of hydrogen-bond acceptors (Lipinski definition) is 5. The van der Waals surface area contributed by atoms with Crippen molar-refractivity contribution in [1.29, 1.82) is 0 Å². The molecule has 0 bridgehead atoms. The fourth-order valence-electron chi connectivity index (χ4n) is 6.31. The molecule has 3 aromatic heterocycles. The number of hydrogen-bond donors (Lipinski definition) is 3. The number of fused-ring (bicyclic) bond motifs is 3. The Labute approximate surface area is 311 Å². The van der Waals surface area contributed by atoms with Crippen LogP contribution in [0.2, 0.25) is 0 Å². The lowest BCUT2D eigenvalue weighted by Gasteiger charge is -2.08. The first-order chi connectivity index (χ1) is 25.3. The van der Waals surface area contributed by atoms with Crippen LogP contribution in [-0.2, 0) is 44.7 Å². The monoisotopic (exact) mass is 761 g/mol. The first-order valence-corrected chi connectivity index (χ1v) is 21.1. The maximum Gasteiger partial charge on any atom is 0.303 e. The summed E-state index contributed by atoms with van der Waals surface area (Å²) >= 11 is 0. The fraction of sp³-hybridized carbons (Fsp3) is 0.325. The molecule has 0 amide bonds. The van der Waals surface area contributed by atoms with Crippen LogP contribution >= 0.6 is 0 Å². The average Bonchev–Trinajstić information content (AvgIpc) is 3.42. The second-order valence-corrected chi connectivity index (χ2v) is 16.4. The van der Waals surface area contributed by atoms with Gasteiger partial charge in [-0.05, 0) is 72.2 Å². The highest BCUT2D eigenvalue weighted by molar-refractivity contribution is 7.86. The molecule has 0 radical (unpaired) electrons. The molecule has 2 aromatic carbocycles. The molecule has 0 aliphatic heterocycles. The summed E-state index contributed by atoms with van der Waals surface area (Å²) in [6.45, 7) is 2.10. The molecule has 280 valence electrons. The van der Waals surface area contributed by atoms with E-state index in [0.29, 0.717) is 45.2 Å². The zero-order valence-corrected chi connectivity index (χ0v) is 31.3. The quantitative estimate of drug-likeness (QED) is 0.0450. The maximum absolute atomic E-state index is 11.0. The summed E-state index contributed by atoms with van der Waals surface area (Å²) in [6, 6.07) is 20.9. The standard InChI is InChI=1S/C40H45N3O8S2/c44-40(45)8-2-1-3-23-43-38-15-13-34(11-9-32-17-24-41(25-18-32)21-4-6-28-52(46,47)48)30-36(38)37-31-35(14-16-39(37)43)12-10-33-19-26-42(27-20-33)22-5-7-29-53(49,50)51/h9-20,24-27,30-31H,1-8,21-23,28-29H2,(H-2,44,45,46,47,48,49,50,51)/p+2. The van der Waals surface area contributed by atoms with Crippen molar-refractivity contribution < 1.29 is 45.0 Å². The smallest absolute Gasteiger partial charge is 0.303 e. The van der Waals surface area contributed by atoms with Crippen molar-refractivity contribution in [3.05, 3.63) is 108 Å². The van der Waals surface area contributed by atoms with Crippen LogP contribution in [-0.4, -0.2) is 53.1 Å². The predicted molar refractivity (Wildman–Crippen MR) is 208 cm³/mol. The van der Waals surface area contributed by atoms with Gasteiger partial charge in [0.15, 0.2) is 24.8 Å². The van der Waals surface area contributed by atoms with Crippen molar-refractivity contribution in [3.8, 4) is 0 Å². The molecule has 3 heterocycles. The van der Waals surface area contributed by atoms with E-state index in [1.165, 1.54) is 0 Å². The lowest BCUT2D eigenvalue weighted by Crippen LogP contribution is -2.32. The van der Waals surface area contributed by atoms with Gasteiger partial charge in [0, 0.05) is 71.9 Å². The minimum Gasteiger partial charge on any atom is -0.481 e. The molecule has 5 aromatic rings. The molecule has 53 heavy (non-hydrogen) atoms. The third-order valence-corrected chi connectivity index (χ3v) is 10.7. The van der Waals surface area contributed by atoms with Crippen LogP contribution < -0.4 is 9.13 Å². The number of aliphatic carboxylic acids is 1. The molecular weight excluding hydrogens is 715 g/mol. The number of aryl methyl sites for hydroxylation is 3. The Morgan fingerprint density at radius 1 is 0.566 bits per heavy atom. The summed E-state index contributed by atoms with van der Waals surface area (Å²) in [4.78, 5) is 11.0. The molecule has 0 aliphatic carbocycles. The van der Waals surface area contributed by atoms with Crippen LogP contribution in [0.1, 0.15) is 73.6 Å². The van der Waals surface area contributed by atoms with Crippen LogP contribution in [0.4, 0.5) is 0 Å². The number of nitrogens with zero attached hydrogens (tertiary/aromatic N) is 3. The third-order valence-electron chi connectivity index (χ3n) is 9.09.